The van der Waals surface area contributed by atoms with Crippen molar-refractivity contribution in [2.45, 2.75) is 17.9 Å². The smallest absolute Gasteiger partial charge is 0.294 e. The Labute approximate surface area is 77.1 Å². The molecule has 0 saturated carbocycles. The maximum Gasteiger partial charge on any atom is 0.294 e. The van der Waals surface area contributed by atoms with E-state index < -0.39 is 10.1 Å². The average molecular weight is 201 g/mol. The largest absolute Gasteiger partial charge is 0.324 e. The van der Waals surface area contributed by atoms with Crippen molar-refractivity contribution in [3.63, 3.8) is 0 Å². The monoisotopic (exact) mass is 201 g/mol. The van der Waals surface area contributed by atoms with E-state index >= 15 is 0 Å². The zero-order chi connectivity index (χ0) is 10.1. The summed E-state index contributed by atoms with van der Waals surface area (Å²) in [6, 6.07) is 5.68. The highest BCUT2D eigenvalue weighted by molar-refractivity contribution is 7.85. The summed E-state index contributed by atoms with van der Waals surface area (Å²) in [5.74, 6) is 0. The minimum Gasteiger partial charge on any atom is -0.324 e. The summed E-state index contributed by atoms with van der Waals surface area (Å²) < 4.78 is 30.2. The maximum atomic E-state index is 10.7. The molecule has 3 N–H and O–H groups in total. The molecule has 1 unspecified atom stereocenters. The molecule has 1 rings (SSSR count). The second-order valence-corrected chi connectivity index (χ2v) is 4.26. The van der Waals surface area contributed by atoms with E-state index in [2.05, 4.69) is 0 Å². The molecule has 4 nitrogen and oxygen atoms in total. The van der Waals surface area contributed by atoms with Crippen LogP contribution in [0.15, 0.2) is 29.2 Å². The van der Waals surface area contributed by atoms with Gasteiger partial charge in [-0.25, -0.2) is 0 Å². The summed E-state index contributed by atoms with van der Waals surface area (Å²) in [5.41, 5.74) is 6.23. The van der Waals surface area contributed by atoms with Gasteiger partial charge < -0.3 is 5.73 Å². The zero-order valence-corrected chi connectivity index (χ0v) is 7.95. The van der Waals surface area contributed by atoms with E-state index in [0.717, 1.165) is 0 Å². The Morgan fingerprint density at radius 2 is 2.08 bits per heavy atom. The fraction of sp³-hybridized carbons (Fsp3) is 0.250. The van der Waals surface area contributed by atoms with Crippen molar-refractivity contribution < 1.29 is 13.0 Å². The molecule has 13 heavy (non-hydrogen) atoms. The molecule has 1 aromatic carbocycles. The Balaban J connectivity index is 3.21. The van der Waals surface area contributed by atoms with Crippen LogP contribution in [0, 0.1) is 0 Å². The highest BCUT2D eigenvalue weighted by atomic mass is 32.2. The SMILES string of the molecule is CC(N)c1cccc(S(=O)(=O)O)c1. The van der Waals surface area contributed by atoms with Gasteiger partial charge in [-0.05, 0) is 24.6 Å². The molecule has 0 bridgehead atoms. The molecule has 0 aliphatic rings. The fourth-order valence-corrected chi connectivity index (χ4v) is 1.49. The first kappa shape index (κ1) is 10.2. The van der Waals surface area contributed by atoms with Crippen molar-refractivity contribution in [3.05, 3.63) is 29.8 Å². The van der Waals surface area contributed by atoms with E-state index in [-0.39, 0.29) is 10.9 Å². The Morgan fingerprint density at radius 3 is 2.54 bits per heavy atom. The first-order valence-electron chi connectivity index (χ1n) is 3.74. The highest BCUT2D eigenvalue weighted by Crippen LogP contribution is 2.15. The number of benzene rings is 1. The van der Waals surface area contributed by atoms with E-state index in [4.69, 9.17) is 10.3 Å². The third kappa shape index (κ3) is 2.51. The Hall–Kier alpha value is -0.910. The lowest BCUT2D eigenvalue weighted by molar-refractivity contribution is 0.483. The van der Waals surface area contributed by atoms with Gasteiger partial charge in [-0.3, -0.25) is 4.55 Å². The quantitative estimate of drug-likeness (QED) is 0.698. The highest BCUT2D eigenvalue weighted by Gasteiger charge is 2.10. The predicted molar refractivity (Wildman–Crippen MR) is 48.9 cm³/mol. The molecule has 0 aromatic heterocycles. The first-order valence-corrected chi connectivity index (χ1v) is 5.18. The van der Waals surface area contributed by atoms with Crippen molar-refractivity contribution >= 4 is 10.1 Å². The summed E-state index contributed by atoms with van der Waals surface area (Å²) in [7, 11) is -4.11. The minimum absolute atomic E-state index is 0.123. The van der Waals surface area contributed by atoms with Gasteiger partial charge in [-0.15, -0.1) is 0 Å². The number of hydrogen-bond donors (Lipinski definition) is 2. The molecule has 1 aromatic rings. The molecule has 72 valence electrons. The van der Waals surface area contributed by atoms with Gasteiger partial charge in [0.25, 0.3) is 10.1 Å². The predicted octanol–water partition coefficient (Wildman–Crippen LogP) is 0.953. The van der Waals surface area contributed by atoms with E-state index in [1.165, 1.54) is 12.1 Å². The van der Waals surface area contributed by atoms with Crippen LogP contribution in [0.25, 0.3) is 0 Å². The lowest BCUT2D eigenvalue weighted by Gasteiger charge is -2.05. The van der Waals surface area contributed by atoms with Gasteiger partial charge in [-0.2, -0.15) is 8.42 Å². The standard InChI is InChI=1S/C8H11NO3S/c1-6(9)7-3-2-4-8(5-7)13(10,11)12/h2-6H,9H2,1H3,(H,10,11,12). The fourth-order valence-electron chi connectivity index (χ4n) is 0.958. The lowest BCUT2D eigenvalue weighted by atomic mass is 10.1. The molecule has 0 fully saturated rings. The third-order valence-electron chi connectivity index (χ3n) is 1.68. The molecule has 5 heteroatoms. The van der Waals surface area contributed by atoms with Crippen molar-refractivity contribution in [1.29, 1.82) is 0 Å². The maximum absolute atomic E-state index is 10.7. The van der Waals surface area contributed by atoms with Gasteiger partial charge in [0.1, 0.15) is 0 Å². The molecular weight excluding hydrogens is 190 g/mol. The van der Waals surface area contributed by atoms with Crippen LogP contribution in [0.2, 0.25) is 0 Å². The van der Waals surface area contributed by atoms with Crippen LogP contribution in [0.1, 0.15) is 18.5 Å². The van der Waals surface area contributed by atoms with Crippen LogP contribution in [-0.2, 0) is 10.1 Å². The summed E-state index contributed by atoms with van der Waals surface area (Å²) in [4.78, 5) is -0.123. The van der Waals surface area contributed by atoms with Gasteiger partial charge in [-0.1, -0.05) is 12.1 Å². The molecule has 0 heterocycles. The van der Waals surface area contributed by atoms with Gasteiger partial charge >= 0.3 is 0 Å². The number of hydrogen-bond acceptors (Lipinski definition) is 3. The molecule has 0 saturated heterocycles. The van der Waals surface area contributed by atoms with E-state index in [1.807, 2.05) is 0 Å². The number of nitrogens with two attached hydrogens (primary N) is 1. The Bertz CT molecular complexity index is 398. The minimum atomic E-state index is -4.11. The van der Waals surface area contributed by atoms with E-state index in [1.54, 1.807) is 19.1 Å². The Kier molecular flexibility index (Phi) is 2.70. The summed E-state index contributed by atoms with van der Waals surface area (Å²) >= 11 is 0. The van der Waals surface area contributed by atoms with Crippen LogP contribution >= 0.6 is 0 Å². The summed E-state index contributed by atoms with van der Waals surface area (Å²) in [6.45, 7) is 1.74. The van der Waals surface area contributed by atoms with Crippen molar-refractivity contribution in [2.24, 2.45) is 5.73 Å². The van der Waals surface area contributed by atoms with Crippen LogP contribution in [0.3, 0.4) is 0 Å². The molecule has 0 spiro atoms. The van der Waals surface area contributed by atoms with Crippen LogP contribution < -0.4 is 5.73 Å². The molecule has 0 aliphatic carbocycles. The van der Waals surface area contributed by atoms with Crippen LogP contribution in [0.4, 0.5) is 0 Å². The molecule has 0 radical (unpaired) electrons. The molecular formula is C8H11NO3S. The van der Waals surface area contributed by atoms with Crippen molar-refractivity contribution in [2.75, 3.05) is 0 Å². The lowest BCUT2D eigenvalue weighted by Crippen LogP contribution is -2.06. The van der Waals surface area contributed by atoms with Gasteiger partial charge in [0.15, 0.2) is 0 Å². The van der Waals surface area contributed by atoms with Crippen LogP contribution in [-0.4, -0.2) is 13.0 Å². The zero-order valence-electron chi connectivity index (χ0n) is 7.14. The van der Waals surface area contributed by atoms with E-state index in [9.17, 15) is 8.42 Å². The molecule has 0 aliphatic heterocycles. The van der Waals surface area contributed by atoms with Crippen molar-refractivity contribution in [3.8, 4) is 0 Å². The Morgan fingerprint density at radius 1 is 1.46 bits per heavy atom. The van der Waals surface area contributed by atoms with Gasteiger partial charge in [0.05, 0.1) is 4.90 Å². The third-order valence-corrected chi connectivity index (χ3v) is 2.53. The average Bonchev–Trinajstić information content (AvgIpc) is 2.03. The van der Waals surface area contributed by atoms with Gasteiger partial charge in [0.2, 0.25) is 0 Å². The summed E-state index contributed by atoms with van der Waals surface area (Å²) in [6.07, 6.45) is 0. The van der Waals surface area contributed by atoms with Crippen LogP contribution in [0.5, 0.6) is 0 Å². The molecule has 1 atom stereocenters. The topological polar surface area (TPSA) is 80.4 Å². The van der Waals surface area contributed by atoms with Gasteiger partial charge in [0, 0.05) is 6.04 Å². The first-order chi connectivity index (χ1) is 5.91. The second-order valence-electron chi connectivity index (χ2n) is 2.84. The second kappa shape index (κ2) is 3.45. The van der Waals surface area contributed by atoms with E-state index in [0.29, 0.717) is 5.56 Å². The number of rotatable bonds is 2. The summed E-state index contributed by atoms with van der Waals surface area (Å²) in [5, 5.41) is 0. The molecule has 0 amide bonds. The normalized spacial score (nSPS) is 14.1. The van der Waals surface area contributed by atoms with Crippen molar-refractivity contribution in [1.82, 2.24) is 0 Å².